The van der Waals surface area contributed by atoms with Crippen molar-refractivity contribution < 1.29 is 14.7 Å². The molecule has 3 rings (SSSR count). The molecule has 2 aromatic rings. The number of aromatic hydroxyl groups is 1. The summed E-state index contributed by atoms with van der Waals surface area (Å²) < 4.78 is 0.496. The number of hydrogen-bond donors (Lipinski definition) is 2. The third-order valence-corrected chi connectivity index (χ3v) is 6.97. The third-order valence-electron chi connectivity index (χ3n) is 5.10. The second kappa shape index (κ2) is 8.07. The van der Waals surface area contributed by atoms with E-state index < -0.39 is 5.41 Å². The molecule has 1 radical (unpaired) electrons. The van der Waals surface area contributed by atoms with Gasteiger partial charge in [0, 0.05) is 10.6 Å². The Morgan fingerprint density at radius 3 is 2.48 bits per heavy atom. The zero-order valence-corrected chi connectivity index (χ0v) is 17.9. The summed E-state index contributed by atoms with van der Waals surface area (Å²) in [7, 11) is 0. The highest BCUT2D eigenvalue weighted by atomic mass is 79.9. The van der Waals surface area contributed by atoms with Crippen LogP contribution in [0.4, 0.5) is 11.4 Å². The van der Waals surface area contributed by atoms with Crippen molar-refractivity contribution in [2.75, 3.05) is 4.90 Å². The number of nitrogens with zero attached hydrogens (tertiary/aromatic N) is 1. The predicted molar refractivity (Wildman–Crippen MR) is 114 cm³/mol. The van der Waals surface area contributed by atoms with E-state index >= 15 is 0 Å². The molecule has 0 spiro atoms. The maximum Gasteiger partial charge on any atom is 0.246 e. The molecule has 143 valence electrons. The van der Waals surface area contributed by atoms with Crippen LogP contribution < -0.4 is 4.90 Å². The van der Waals surface area contributed by atoms with E-state index in [9.17, 15) is 14.7 Å². The zero-order valence-electron chi connectivity index (χ0n) is 15.4. The van der Waals surface area contributed by atoms with E-state index in [1.165, 1.54) is 0 Å². The van der Waals surface area contributed by atoms with Gasteiger partial charge in [0.2, 0.25) is 5.91 Å². The molecule has 0 aromatic heterocycles. The zero-order chi connectivity index (χ0) is 19.6. The molecular formula is C21H23BrNO3S. The molecular weight excluding hydrogens is 426 g/mol. The molecule has 27 heavy (non-hydrogen) atoms. The van der Waals surface area contributed by atoms with Crippen LogP contribution in [0.15, 0.2) is 51.8 Å². The average Bonchev–Trinajstić information content (AvgIpc) is 2.75. The van der Waals surface area contributed by atoms with Crippen molar-refractivity contribution >= 4 is 50.1 Å². The normalized spacial score (nSPS) is 19.7. The molecule has 1 aliphatic rings. The summed E-state index contributed by atoms with van der Waals surface area (Å²) in [5, 5.41) is 10.0. The van der Waals surface area contributed by atoms with Gasteiger partial charge in [-0.2, -0.15) is 0 Å². The topological polar surface area (TPSA) is 57.6 Å². The Hall–Kier alpha value is -1.79. The van der Waals surface area contributed by atoms with Crippen molar-refractivity contribution in [2.24, 2.45) is 5.41 Å². The van der Waals surface area contributed by atoms with Gasteiger partial charge in [-0.25, -0.2) is 0 Å². The summed E-state index contributed by atoms with van der Waals surface area (Å²) in [6, 6.07) is 12.7. The fraction of sp³-hybridized carbons (Fsp3) is 0.333. The standard InChI is InChI=1S/C21H23BrNO3S/c1-3-5-11-21(4-2)19(25)23(14-9-7-6-8-10-14)16-12-15(22)17(24)13-18(16)27-20(21)26/h6-10,12-13,24,27H,3-5,11H2,1-2H3. The van der Waals surface area contributed by atoms with Crippen molar-refractivity contribution in [1.29, 1.82) is 0 Å². The first-order valence-corrected chi connectivity index (χ1v) is 10.8. The van der Waals surface area contributed by atoms with E-state index in [4.69, 9.17) is 0 Å². The van der Waals surface area contributed by atoms with Crippen molar-refractivity contribution in [2.45, 2.75) is 44.4 Å². The second-order valence-electron chi connectivity index (χ2n) is 6.72. The van der Waals surface area contributed by atoms with E-state index in [1.807, 2.05) is 37.3 Å². The molecule has 1 N–H and O–H groups in total. The largest absolute Gasteiger partial charge is 0.507 e. The highest BCUT2D eigenvalue weighted by molar-refractivity contribution is 9.10. The SMILES string of the molecule is CCCCC1(CC)C(=O)[SH]c2cc(O)c(Br)cc2N(c2ccccc2)C1=O. The number of carbonyl (C=O) groups excluding carboxylic acids is 2. The minimum Gasteiger partial charge on any atom is -0.507 e. The third kappa shape index (κ3) is 3.52. The van der Waals surface area contributed by atoms with Crippen LogP contribution in [0.2, 0.25) is 0 Å². The molecule has 1 amide bonds. The summed E-state index contributed by atoms with van der Waals surface area (Å²) >= 11 is 3.79. The molecule has 1 heterocycles. The van der Waals surface area contributed by atoms with Crippen LogP contribution in [0.25, 0.3) is 0 Å². The van der Waals surface area contributed by atoms with Crippen LogP contribution in [-0.2, 0) is 9.59 Å². The van der Waals surface area contributed by atoms with E-state index in [0.717, 1.165) is 18.5 Å². The van der Waals surface area contributed by atoms with Gasteiger partial charge in [0.1, 0.15) is 11.2 Å². The monoisotopic (exact) mass is 448 g/mol. The van der Waals surface area contributed by atoms with Gasteiger partial charge in [-0.05, 0) is 53.0 Å². The number of fused-ring (bicyclic) bond motifs is 1. The Bertz CT molecular complexity index is 871. The average molecular weight is 449 g/mol. The van der Waals surface area contributed by atoms with Gasteiger partial charge >= 0.3 is 0 Å². The van der Waals surface area contributed by atoms with Crippen molar-refractivity contribution in [3.8, 4) is 5.75 Å². The number of unbranched alkanes of at least 4 members (excludes halogenated alkanes) is 1. The summed E-state index contributed by atoms with van der Waals surface area (Å²) in [5.74, 6) is -0.120. The Morgan fingerprint density at radius 1 is 1.15 bits per heavy atom. The molecule has 1 unspecified atom stereocenters. The Kier molecular flexibility index (Phi) is 5.96. The highest BCUT2D eigenvalue weighted by Gasteiger charge is 2.49. The Balaban J connectivity index is 2.25. The van der Waals surface area contributed by atoms with Gasteiger partial charge in [0.15, 0.2) is 5.12 Å². The number of rotatable bonds is 5. The quantitative estimate of drug-likeness (QED) is 0.450. The first-order valence-electron chi connectivity index (χ1n) is 9.13. The number of anilines is 2. The number of phenolic OH excluding ortho intramolecular Hbond substituents is 1. The lowest BCUT2D eigenvalue weighted by atomic mass is 9.79. The second-order valence-corrected chi connectivity index (χ2v) is 8.69. The smallest absolute Gasteiger partial charge is 0.246 e. The van der Waals surface area contributed by atoms with Crippen molar-refractivity contribution in [1.82, 2.24) is 0 Å². The number of amides is 1. The molecule has 0 bridgehead atoms. The van der Waals surface area contributed by atoms with E-state index in [2.05, 4.69) is 22.9 Å². The number of carbonyl (C=O) groups is 2. The first-order chi connectivity index (χ1) is 12.9. The molecule has 0 saturated heterocycles. The minimum atomic E-state index is -1.05. The lowest BCUT2D eigenvalue weighted by Gasteiger charge is -2.33. The van der Waals surface area contributed by atoms with Gasteiger partial charge in [-0.15, -0.1) is 11.8 Å². The maximum atomic E-state index is 13.8. The summed E-state index contributed by atoms with van der Waals surface area (Å²) in [6.45, 7) is 3.97. The van der Waals surface area contributed by atoms with Crippen molar-refractivity contribution in [3.05, 3.63) is 46.9 Å². The minimum absolute atomic E-state index is 0.0621. The Labute approximate surface area is 172 Å². The van der Waals surface area contributed by atoms with Gasteiger partial charge in [0.05, 0.1) is 10.2 Å². The maximum absolute atomic E-state index is 13.8. The number of halogens is 1. The lowest BCUT2D eigenvalue weighted by molar-refractivity contribution is -0.136. The Morgan fingerprint density at radius 2 is 1.85 bits per heavy atom. The fourth-order valence-corrected chi connectivity index (χ4v) is 5.04. The molecule has 4 nitrogen and oxygen atoms in total. The number of thiol groups is 1. The lowest BCUT2D eigenvalue weighted by Crippen LogP contribution is -2.44. The van der Waals surface area contributed by atoms with Crippen LogP contribution in [0.1, 0.15) is 39.5 Å². The fourth-order valence-electron chi connectivity index (χ4n) is 3.45. The van der Waals surface area contributed by atoms with Gasteiger partial charge in [0.25, 0.3) is 0 Å². The van der Waals surface area contributed by atoms with Crippen LogP contribution >= 0.6 is 27.7 Å². The van der Waals surface area contributed by atoms with E-state index in [0.29, 0.717) is 39.7 Å². The molecule has 1 atom stereocenters. The summed E-state index contributed by atoms with van der Waals surface area (Å²) in [6.07, 6.45) is 2.73. The number of benzene rings is 2. The van der Waals surface area contributed by atoms with Crippen LogP contribution in [0.5, 0.6) is 5.75 Å². The molecule has 6 heteroatoms. The predicted octanol–water partition coefficient (Wildman–Crippen LogP) is 5.77. The molecule has 2 aromatic carbocycles. The summed E-state index contributed by atoms with van der Waals surface area (Å²) in [4.78, 5) is 29.4. The van der Waals surface area contributed by atoms with E-state index in [-0.39, 0.29) is 16.8 Å². The van der Waals surface area contributed by atoms with Gasteiger partial charge in [-0.3, -0.25) is 14.5 Å². The number of hydrogen-bond acceptors (Lipinski definition) is 3. The first kappa shape index (κ1) is 20.0. The van der Waals surface area contributed by atoms with Gasteiger partial charge in [-0.1, -0.05) is 44.9 Å². The number of para-hydroxylation sites is 1. The number of phenols is 1. The molecule has 0 fully saturated rings. The van der Waals surface area contributed by atoms with Gasteiger partial charge < -0.3 is 5.11 Å². The van der Waals surface area contributed by atoms with E-state index in [1.54, 1.807) is 17.0 Å². The van der Waals surface area contributed by atoms with Crippen LogP contribution in [0.3, 0.4) is 0 Å². The van der Waals surface area contributed by atoms with Crippen molar-refractivity contribution in [3.63, 3.8) is 0 Å². The molecule has 0 aliphatic carbocycles. The molecule has 0 saturated carbocycles. The highest BCUT2D eigenvalue weighted by Crippen LogP contribution is 2.50. The summed E-state index contributed by atoms with van der Waals surface area (Å²) in [5.41, 5.74) is 0.312. The van der Waals surface area contributed by atoms with Crippen LogP contribution in [0, 0.1) is 5.41 Å². The van der Waals surface area contributed by atoms with Crippen LogP contribution in [-0.4, -0.2) is 16.1 Å². The molecule has 1 aliphatic heterocycles.